The maximum Gasteiger partial charge on any atom is 0.406 e. The Kier molecular flexibility index (Phi) is 4.90. The fourth-order valence-electron chi connectivity index (χ4n) is 1.24. The van der Waals surface area contributed by atoms with Gasteiger partial charge in [0, 0.05) is 5.69 Å². The lowest BCUT2D eigenvalue weighted by molar-refractivity contribution is -0.142. The molecule has 0 saturated heterocycles. The van der Waals surface area contributed by atoms with E-state index in [2.05, 4.69) is 21.4 Å². The smallest absolute Gasteiger partial charge is 0.406 e. The molecule has 0 saturated carbocycles. The fraction of sp³-hybridized carbons (Fsp3) is 0.200. The van der Waals surface area contributed by atoms with E-state index in [1.54, 1.807) is 24.3 Å². The van der Waals surface area contributed by atoms with Gasteiger partial charge in [-0.15, -0.1) is 0 Å². The molecule has 0 radical (unpaired) electrons. The number of hydrogen-bond acceptors (Lipinski definition) is 6. The van der Waals surface area contributed by atoms with Gasteiger partial charge in [-0.25, -0.2) is 9.59 Å². The van der Waals surface area contributed by atoms with Gasteiger partial charge in [0.2, 0.25) is 0 Å². The third-order valence-electron chi connectivity index (χ3n) is 2.12. The van der Waals surface area contributed by atoms with Crippen LogP contribution in [0.3, 0.4) is 0 Å². The largest absolute Gasteiger partial charge is 0.465 e. The lowest BCUT2D eigenvalue weighted by Crippen LogP contribution is -2.32. The minimum absolute atomic E-state index is 0.0602. The van der Waals surface area contributed by atoms with Crippen LogP contribution in [0.1, 0.15) is 11.7 Å². The molecule has 7 N–H and O–H groups in total. The van der Waals surface area contributed by atoms with E-state index >= 15 is 0 Å². The monoisotopic (exact) mass is 254 g/mol. The normalized spacial score (nSPS) is 11.4. The second kappa shape index (κ2) is 6.42. The van der Waals surface area contributed by atoms with Crippen LogP contribution in [-0.2, 0) is 9.63 Å². The summed E-state index contributed by atoms with van der Waals surface area (Å²) in [6.45, 7) is -0.0602. The van der Waals surface area contributed by atoms with Crippen LogP contribution in [0.25, 0.3) is 0 Å². The Hall–Kier alpha value is -2.32. The lowest BCUT2D eigenvalue weighted by atomic mass is 10.1. The van der Waals surface area contributed by atoms with Crippen LogP contribution < -0.4 is 22.3 Å². The lowest BCUT2D eigenvalue weighted by Gasteiger charge is -2.12. The molecule has 0 fully saturated rings. The summed E-state index contributed by atoms with van der Waals surface area (Å²) in [7, 11) is 0. The molecule has 1 atom stereocenters. The number of carbonyl (C=O) groups excluding carboxylic acids is 1. The number of nitrogens with one attached hydrogen (secondary N) is 2. The minimum Gasteiger partial charge on any atom is -0.465 e. The van der Waals surface area contributed by atoms with Gasteiger partial charge in [0.15, 0.2) is 0 Å². The van der Waals surface area contributed by atoms with Crippen molar-refractivity contribution >= 4 is 17.7 Å². The number of amides is 1. The van der Waals surface area contributed by atoms with Crippen molar-refractivity contribution in [2.45, 2.75) is 6.17 Å². The first-order chi connectivity index (χ1) is 8.52. The average Bonchev–Trinajstić information content (AvgIpc) is 2.35. The van der Waals surface area contributed by atoms with Crippen LogP contribution in [0.4, 0.5) is 10.5 Å². The molecule has 18 heavy (non-hydrogen) atoms. The summed E-state index contributed by atoms with van der Waals surface area (Å²) < 4.78 is 0. The van der Waals surface area contributed by atoms with Gasteiger partial charge in [-0.05, 0) is 17.7 Å². The van der Waals surface area contributed by atoms with Crippen molar-refractivity contribution in [3.8, 4) is 0 Å². The predicted molar refractivity (Wildman–Crippen MR) is 63.3 cm³/mol. The van der Waals surface area contributed by atoms with E-state index in [0.29, 0.717) is 11.3 Å². The summed E-state index contributed by atoms with van der Waals surface area (Å²) in [6, 6.07) is 6.58. The van der Waals surface area contributed by atoms with E-state index in [1.807, 2.05) is 0 Å². The second-order valence-electron chi connectivity index (χ2n) is 3.39. The fourth-order valence-corrected chi connectivity index (χ4v) is 1.24. The molecule has 1 amide bonds. The zero-order valence-corrected chi connectivity index (χ0v) is 9.42. The number of rotatable bonds is 5. The van der Waals surface area contributed by atoms with Crippen LogP contribution in [0.15, 0.2) is 24.3 Å². The van der Waals surface area contributed by atoms with Gasteiger partial charge in [0.05, 0.1) is 0 Å². The van der Waals surface area contributed by atoms with E-state index in [4.69, 9.17) is 10.8 Å². The number of carboxylic acid groups (broad SMARTS) is 1. The Morgan fingerprint density at radius 3 is 2.44 bits per heavy atom. The van der Waals surface area contributed by atoms with E-state index in [9.17, 15) is 9.59 Å². The SMILES string of the molecule is NOC(=O)CNc1ccc(C(N)NC(=O)O)cc1. The van der Waals surface area contributed by atoms with Crippen LogP contribution in [-0.4, -0.2) is 23.7 Å². The summed E-state index contributed by atoms with van der Waals surface area (Å²) in [5.74, 6) is 4.08. The first kappa shape index (κ1) is 13.7. The summed E-state index contributed by atoms with van der Waals surface area (Å²) in [6.07, 6.45) is -2.00. The van der Waals surface area contributed by atoms with E-state index in [-0.39, 0.29) is 6.54 Å². The number of nitrogens with two attached hydrogens (primary N) is 2. The van der Waals surface area contributed by atoms with Crippen molar-refractivity contribution in [1.29, 1.82) is 0 Å². The zero-order valence-electron chi connectivity index (χ0n) is 9.42. The summed E-state index contributed by atoms with van der Waals surface area (Å²) >= 11 is 0. The highest BCUT2D eigenvalue weighted by molar-refractivity contribution is 5.74. The predicted octanol–water partition coefficient (Wildman–Crippen LogP) is -0.260. The summed E-state index contributed by atoms with van der Waals surface area (Å²) in [5, 5.41) is 13.4. The molecule has 0 aliphatic heterocycles. The van der Waals surface area contributed by atoms with Crippen molar-refractivity contribution in [2.75, 3.05) is 11.9 Å². The number of benzene rings is 1. The van der Waals surface area contributed by atoms with Gasteiger partial charge < -0.3 is 26.3 Å². The maximum atomic E-state index is 10.8. The molecule has 1 rings (SSSR count). The van der Waals surface area contributed by atoms with Crippen LogP contribution in [0.2, 0.25) is 0 Å². The molecular weight excluding hydrogens is 240 g/mol. The first-order valence-corrected chi connectivity index (χ1v) is 5.01. The molecule has 0 heterocycles. The van der Waals surface area contributed by atoms with Gasteiger partial charge in [-0.1, -0.05) is 12.1 Å². The number of anilines is 1. The van der Waals surface area contributed by atoms with Crippen molar-refractivity contribution in [2.24, 2.45) is 11.6 Å². The number of carbonyl (C=O) groups is 2. The Labute approximate surface area is 103 Å². The molecule has 1 aromatic carbocycles. The van der Waals surface area contributed by atoms with Gasteiger partial charge >= 0.3 is 12.1 Å². The topological polar surface area (TPSA) is 140 Å². The van der Waals surface area contributed by atoms with E-state index in [0.717, 1.165) is 0 Å². The van der Waals surface area contributed by atoms with Gasteiger partial charge in [0.25, 0.3) is 0 Å². The highest BCUT2D eigenvalue weighted by atomic mass is 16.7. The summed E-state index contributed by atoms with van der Waals surface area (Å²) in [4.78, 5) is 25.2. The molecule has 0 spiro atoms. The Bertz CT molecular complexity index is 420. The minimum atomic E-state index is -1.20. The molecule has 98 valence electrons. The molecule has 0 aromatic heterocycles. The molecule has 0 aliphatic rings. The first-order valence-electron chi connectivity index (χ1n) is 5.01. The van der Waals surface area contributed by atoms with Crippen LogP contribution >= 0.6 is 0 Å². The van der Waals surface area contributed by atoms with Gasteiger partial charge in [0.1, 0.15) is 12.7 Å². The Balaban J connectivity index is 2.57. The van der Waals surface area contributed by atoms with Crippen LogP contribution in [0.5, 0.6) is 0 Å². The molecule has 8 heteroatoms. The van der Waals surface area contributed by atoms with E-state index < -0.39 is 18.2 Å². The Morgan fingerprint density at radius 1 is 1.33 bits per heavy atom. The third-order valence-corrected chi connectivity index (χ3v) is 2.12. The molecule has 8 nitrogen and oxygen atoms in total. The van der Waals surface area contributed by atoms with Gasteiger partial charge in [-0.2, -0.15) is 5.90 Å². The quantitative estimate of drug-likeness (QED) is 0.360. The molecular formula is C10H14N4O4. The van der Waals surface area contributed by atoms with Crippen molar-refractivity contribution in [3.05, 3.63) is 29.8 Å². The maximum absolute atomic E-state index is 10.8. The third kappa shape index (κ3) is 4.28. The molecule has 0 bridgehead atoms. The molecule has 1 aromatic rings. The second-order valence-corrected chi connectivity index (χ2v) is 3.39. The summed E-state index contributed by atoms with van der Waals surface area (Å²) in [5.41, 5.74) is 6.85. The zero-order chi connectivity index (χ0) is 13.5. The Morgan fingerprint density at radius 2 is 1.94 bits per heavy atom. The van der Waals surface area contributed by atoms with Crippen molar-refractivity contribution < 1.29 is 19.5 Å². The average molecular weight is 254 g/mol. The number of hydrogen-bond donors (Lipinski definition) is 5. The standard InChI is InChI=1S/C10H14N4O4/c11-9(14-10(16)17)6-1-3-7(4-2-6)13-5-8(15)18-12/h1-4,9,13-14H,5,11-12H2,(H,16,17). The molecule has 1 unspecified atom stereocenters. The van der Waals surface area contributed by atoms with Crippen molar-refractivity contribution in [3.63, 3.8) is 0 Å². The van der Waals surface area contributed by atoms with Gasteiger partial charge in [-0.3, -0.25) is 0 Å². The highest BCUT2D eigenvalue weighted by Gasteiger charge is 2.08. The van der Waals surface area contributed by atoms with Crippen LogP contribution in [0, 0.1) is 0 Å². The highest BCUT2D eigenvalue weighted by Crippen LogP contribution is 2.13. The van der Waals surface area contributed by atoms with E-state index in [1.165, 1.54) is 0 Å². The van der Waals surface area contributed by atoms with Crippen molar-refractivity contribution in [1.82, 2.24) is 5.32 Å². The molecule has 0 aliphatic carbocycles.